The van der Waals surface area contributed by atoms with Crippen molar-refractivity contribution in [3.05, 3.63) is 62.2 Å². The topological polar surface area (TPSA) is 125 Å². The van der Waals surface area contributed by atoms with E-state index in [2.05, 4.69) is 22.4 Å². The van der Waals surface area contributed by atoms with Crippen molar-refractivity contribution in [2.75, 3.05) is 11.9 Å². The number of thiazole rings is 1. The van der Waals surface area contributed by atoms with Gasteiger partial charge in [-0.05, 0) is 38.0 Å². The molecular formula is C19H17N3O6S. The molecule has 3 aromatic rings. The first-order chi connectivity index (χ1) is 13.7. The Morgan fingerprint density at radius 3 is 2.55 bits per heavy atom. The second kappa shape index (κ2) is 8.23. The van der Waals surface area contributed by atoms with Gasteiger partial charge in [-0.3, -0.25) is 20.2 Å². The van der Waals surface area contributed by atoms with Crippen LogP contribution in [0.2, 0.25) is 0 Å². The Morgan fingerprint density at radius 1 is 1.24 bits per heavy atom. The molecule has 0 saturated heterocycles. The standard InChI is InChI=1S/C19H17N3O6S/c1-10-6-11(2)17(12(3)7-10)13-9-29-19(20-13)21-15(23)8-27-18(24)14-4-5-16(28-14)22(25)26/h4-7,9H,8H2,1-3H3,(H,20,21,23). The zero-order valence-electron chi connectivity index (χ0n) is 15.8. The highest BCUT2D eigenvalue weighted by molar-refractivity contribution is 7.14. The number of nitrogens with one attached hydrogen (secondary N) is 1. The number of rotatable bonds is 6. The van der Waals surface area contributed by atoms with Gasteiger partial charge in [0.25, 0.3) is 5.91 Å². The van der Waals surface area contributed by atoms with E-state index in [1.165, 1.54) is 11.3 Å². The Kier molecular flexibility index (Phi) is 5.74. The second-order valence-electron chi connectivity index (χ2n) is 6.33. The molecule has 2 heterocycles. The molecule has 9 nitrogen and oxygen atoms in total. The molecule has 10 heteroatoms. The number of hydrogen-bond acceptors (Lipinski definition) is 8. The number of aromatic nitrogens is 1. The Balaban J connectivity index is 1.60. The average Bonchev–Trinajstić information content (AvgIpc) is 3.29. The van der Waals surface area contributed by atoms with E-state index < -0.39 is 29.3 Å². The first kappa shape index (κ1) is 20.2. The molecule has 29 heavy (non-hydrogen) atoms. The van der Waals surface area contributed by atoms with Crippen molar-refractivity contribution in [3.63, 3.8) is 0 Å². The molecule has 2 aromatic heterocycles. The smallest absolute Gasteiger partial charge is 0.433 e. The molecule has 0 fully saturated rings. The average molecular weight is 415 g/mol. The van der Waals surface area contributed by atoms with Crippen LogP contribution in [0, 0.1) is 30.9 Å². The Hall–Kier alpha value is -3.53. The summed E-state index contributed by atoms with van der Waals surface area (Å²) in [6.07, 6.45) is 0. The number of benzene rings is 1. The number of hydrogen-bond donors (Lipinski definition) is 1. The van der Waals surface area contributed by atoms with Gasteiger partial charge in [0, 0.05) is 10.9 Å². The van der Waals surface area contributed by atoms with Gasteiger partial charge >= 0.3 is 11.9 Å². The van der Waals surface area contributed by atoms with Gasteiger partial charge in [0.2, 0.25) is 5.76 Å². The summed E-state index contributed by atoms with van der Waals surface area (Å²) >= 11 is 1.25. The molecule has 0 aliphatic rings. The highest BCUT2D eigenvalue weighted by atomic mass is 32.1. The summed E-state index contributed by atoms with van der Waals surface area (Å²) in [6, 6.07) is 6.28. The van der Waals surface area contributed by atoms with Crippen LogP contribution in [0.25, 0.3) is 11.3 Å². The van der Waals surface area contributed by atoms with E-state index in [0.29, 0.717) is 5.13 Å². The third kappa shape index (κ3) is 4.66. The van der Waals surface area contributed by atoms with Crippen molar-refractivity contribution in [1.82, 2.24) is 4.98 Å². The molecule has 0 atom stereocenters. The van der Waals surface area contributed by atoms with Crippen molar-refractivity contribution in [1.29, 1.82) is 0 Å². The number of carbonyl (C=O) groups excluding carboxylic acids is 2. The minimum atomic E-state index is -0.973. The van der Waals surface area contributed by atoms with E-state index in [-0.39, 0.29) is 5.76 Å². The van der Waals surface area contributed by atoms with Crippen LogP contribution in [0.1, 0.15) is 27.2 Å². The van der Waals surface area contributed by atoms with Crippen LogP contribution in [0.4, 0.5) is 11.0 Å². The van der Waals surface area contributed by atoms with Crippen molar-refractivity contribution < 1.29 is 23.7 Å². The lowest BCUT2D eigenvalue weighted by Gasteiger charge is -2.08. The van der Waals surface area contributed by atoms with Crippen LogP contribution in [0.5, 0.6) is 0 Å². The SMILES string of the molecule is Cc1cc(C)c(-c2csc(NC(=O)COC(=O)c3ccc([N+](=O)[O-])o3)n2)c(C)c1. The molecule has 150 valence electrons. The van der Waals surface area contributed by atoms with Gasteiger partial charge in [0.1, 0.15) is 4.92 Å². The van der Waals surface area contributed by atoms with Crippen LogP contribution in [-0.2, 0) is 9.53 Å². The lowest BCUT2D eigenvalue weighted by atomic mass is 9.98. The summed E-state index contributed by atoms with van der Waals surface area (Å²) in [5.74, 6) is -2.50. The van der Waals surface area contributed by atoms with E-state index in [1.807, 2.05) is 26.2 Å². The summed E-state index contributed by atoms with van der Waals surface area (Å²) in [6.45, 7) is 5.46. The fourth-order valence-electron chi connectivity index (χ4n) is 2.92. The van der Waals surface area contributed by atoms with Gasteiger partial charge in [-0.15, -0.1) is 11.3 Å². The largest absolute Gasteiger partial charge is 0.450 e. The van der Waals surface area contributed by atoms with E-state index in [1.54, 1.807) is 0 Å². The number of esters is 1. The molecule has 0 radical (unpaired) electrons. The van der Waals surface area contributed by atoms with Crippen molar-refractivity contribution >= 4 is 34.2 Å². The Labute approximate surface area is 169 Å². The molecular weight excluding hydrogens is 398 g/mol. The predicted octanol–water partition coefficient (Wildman–Crippen LogP) is 4.03. The monoisotopic (exact) mass is 415 g/mol. The number of nitrogens with zero attached hydrogens (tertiary/aromatic N) is 2. The number of carbonyl (C=O) groups is 2. The van der Waals surface area contributed by atoms with Crippen LogP contribution < -0.4 is 5.32 Å². The fourth-order valence-corrected chi connectivity index (χ4v) is 3.64. The first-order valence-corrected chi connectivity index (χ1v) is 9.37. The molecule has 0 aliphatic carbocycles. The third-order valence-corrected chi connectivity index (χ3v) is 4.75. The highest BCUT2D eigenvalue weighted by Crippen LogP contribution is 2.31. The normalized spacial score (nSPS) is 10.6. The van der Waals surface area contributed by atoms with Gasteiger partial charge in [-0.1, -0.05) is 17.7 Å². The van der Waals surface area contributed by atoms with Gasteiger partial charge < -0.3 is 9.15 Å². The summed E-state index contributed by atoms with van der Waals surface area (Å²) in [4.78, 5) is 38.0. The molecule has 0 aliphatic heterocycles. The van der Waals surface area contributed by atoms with Gasteiger partial charge in [-0.25, -0.2) is 9.78 Å². The van der Waals surface area contributed by atoms with Crippen LogP contribution >= 0.6 is 11.3 Å². The van der Waals surface area contributed by atoms with Crippen LogP contribution in [0.3, 0.4) is 0 Å². The second-order valence-corrected chi connectivity index (χ2v) is 7.19. The maximum Gasteiger partial charge on any atom is 0.433 e. The highest BCUT2D eigenvalue weighted by Gasteiger charge is 2.20. The van der Waals surface area contributed by atoms with Crippen LogP contribution in [0.15, 0.2) is 34.1 Å². The predicted molar refractivity (Wildman–Crippen MR) is 106 cm³/mol. The van der Waals surface area contributed by atoms with Gasteiger partial charge in [-0.2, -0.15) is 0 Å². The van der Waals surface area contributed by atoms with Crippen molar-refractivity contribution in [2.24, 2.45) is 0 Å². The number of furan rings is 1. The summed E-state index contributed by atoms with van der Waals surface area (Å²) < 4.78 is 9.53. The number of ether oxygens (including phenoxy) is 1. The zero-order valence-corrected chi connectivity index (χ0v) is 16.7. The maximum absolute atomic E-state index is 12.0. The van der Waals surface area contributed by atoms with Gasteiger partial charge in [0.15, 0.2) is 11.7 Å². The van der Waals surface area contributed by atoms with E-state index in [9.17, 15) is 19.7 Å². The Bertz CT molecular complexity index is 1080. The number of amides is 1. The summed E-state index contributed by atoms with van der Waals surface area (Å²) in [5.41, 5.74) is 5.11. The molecule has 0 unspecified atom stereocenters. The van der Waals surface area contributed by atoms with E-state index >= 15 is 0 Å². The minimum absolute atomic E-state index is 0.355. The molecule has 3 rings (SSSR count). The number of aryl methyl sites for hydroxylation is 3. The summed E-state index contributed by atoms with van der Waals surface area (Å²) in [7, 11) is 0. The molecule has 1 amide bonds. The fraction of sp³-hybridized carbons (Fsp3) is 0.211. The number of nitro groups is 1. The molecule has 1 aromatic carbocycles. The van der Waals surface area contributed by atoms with E-state index in [4.69, 9.17) is 9.15 Å². The number of anilines is 1. The quantitative estimate of drug-likeness (QED) is 0.366. The zero-order chi connectivity index (χ0) is 21.1. The molecule has 0 saturated carbocycles. The lowest BCUT2D eigenvalue weighted by Crippen LogP contribution is -2.20. The molecule has 1 N–H and O–H groups in total. The maximum atomic E-state index is 12.0. The van der Waals surface area contributed by atoms with Gasteiger partial charge in [0.05, 0.1) is 11.8 Å². The van der Waals surface area contributed by atoms with Crippen LogP contribution in [-0.4, -0.2) is 28.4 Å². The molecule has 0 bridgehead atoms. The Morgan fingerprint density at radius 2 is 1.93 bits per heavy atom. The van der Waals surface area contributed by atoms with E-state index in [0.717, 1.165) is 40.1 Å². The summed E-state index contributed by atoms with van der Waals surface area (Å²) in [5, 5.41) is 15.3. The third-order valence-electron chi connectivity index (χ3n) is 3.99. The van der Waals surface area contributed by atoms with Crippen molar-refractivity contribution in [3.8, 4) is 11.3 Å². The minimum Gasteiger partial charge on any atom is -0.450 e. The first-order valence-electron chi connectivity index (χ1n) is 8.49. The lowest BCUT2D eigenvalue weighted by molar-refractivity contribution is -0.402. The van der Waals surface area contributed by atoms with Crippen molar-refractivity contribution in [2.45, 2.75) is 20.8 Å². The molecule has 0 spiro atoms.